The van der Waals surface area contributed by atoms with E-state index in [2.05, 4.69) is 20.3 Å². The van der Waals surface area contributed by atoms with Crippen LogP contribution >= 0.6 is 11.6 Å². The van der Waals surface area contributed by atoms with Crippen LogP contribution in [-0.4, -0.2) is 78.7 Å². The number of carbonyl (C=O) groups excluding carboxylic acids is 4. The standard InChI is InChI=1S/C27H33ClFN5O6/c1-4-39-27(38)32-26(37)30-12-24(35)31-22-11-20(28)7-10-23(22)40-16-25(36)34-14-17(2)33(13-18(34)3)15-19-5-8-21(29)9-6-19/h5-11,17-18H,4,12-16H2,1-3H3,(H,31,35)(H2,30,32,37,38)/t17-,18+/m0/s1. The summed E-state index contributed by atoms with van der Waals surface area (Å²) in [6.07, 6.45) is -0.936. The maximum absolute atomic E-state index is 13.2. The van der Waals surface area contributed by atoms with Crippen molar-refractivity contribution in [2.24, 2.45) is 0 Å². The van der Waals surface area contributed by atoms with Crippen LogP contribution in [0.2, 0.25) is 5.02 Å². The SMILES string of the molecule is CCOC(=O)NC(=O)NCC(=O)Nc1cc(Cl)ccc1OCC(=O)N1C[C@H](C)N(Cc2ccc(F)cc2)C[C@H]1C. The molecule has 1 aliphatic rings. The highest BCUT2D eigenvalue weighted by molar-refractivity contribution is 6.31. The molecule has 2 aromatic carbocycles. The minimum absolute atomic E-state index is 0.0733. The Balaban J connectivity index is 1.53. The molecule has 0 aliphatic carbocycles. The molecule has 0 unspecified atom stereocenters. The van der Waals surface area contributed by atoms with Gasteiger partial charge in [0.25, 0.3) is 5.91 Å². The first-order valence-corrected chi connectivity index (χ1v) is 13.1. The second kappa shape index (κ2) is 14.5. The molecule has 1 saturated heterocycles. The van der Waals surface area contributed by atoms with E-state index in [1.54, 1.807) is 30.0 Å². The van der Waals surface area contributed by atoms with Gasteiger partial charge < -0.3 is 25.0 Å². The number of urea groups is 1. The van der Waals surface area contributed by atoms with Crippen LogP contribution in [-0.2, 0) is 20.9 Å². The summed E-state index contributed by atoms with van der Waals surface area (Å²) in [7, 11) is 0. The van der Waals surface area contributed by atoms with Crippen LogP contribution in [0.3, 0.4) is 0 Å². The van der Waals surface area contributed by atoms with Gasteiger partial charge in [0.05, 0.1) is 18.8 Å². The normalized spacial score (nSPS) is 17.1. The van der Waals surface area contributed by atoms with Crippen LogP contribution < -0.4 is 20.7 Å². The zero-order chi connectivity index (χ0) is 29.2. The Hall–Kier alpha value is -3.90. The number of amides is 5. The number of hydrogen-bond donors (Lipinski definition) is 3. The van der Waals surface area contributed by atoms with Crippen molar-refractivity contribution in [3.05, 3.63) is 58.9 Å². The molecule has 13 heteroatoms. The predicted octanol–water partition coefficient (Wildman–Crippen LogP) is 3.37. The van der Waals surface area contributed by atoms with Crippen molar-refractivity contribution in [2.45, 2.75) is 39.4 Å². The van der Waals surface area contributed by atoms with Crippen molar-refractivity contribution < 1.29 is 33.0 Å². The number of piperazine rings is 1. The summed E-state index contributed by atoms with van der Waals surface area (Å²) >= 11 is 6.08. The predicted molar refractivity (Wildman–Crippen MR) is 147 cm³/mol. The molecule has 0 aromatic heterocycles. The van der Waals surface area contributed by atoms with E-state index in [0.717, 1.165) is 5.56 Å². The molecule has 1 heterocycles. The summed E-state index contributed by atoms with van der Waals surface area (Å²) in [6, 6.07) is 10.0. The summed E-state index contributed by atoms with van der Waals surface area (Å²) in [5, 5.41) is 7.04. The fourth-order valence-electron chi connectivity index (χ4n) is 4.20. The summed E-state index contributed by atoms with van der Waals surface area (Å²) in [4.78, 5) is 52.4. The molecule has 5 amide bonds. The van der Waals surface area contributed by atoms with Crippen LogP contribution in [0.5, 0.6) is 5.75 Å². The highest BCUT2D eigenvalue weighted by Crippen LogP contribution is 2.28. The lowest BCUT2D eigenvalue weighted by Gasteiger charge is -2.44. The Labute approximate surface area is 236 Å². The van der Waals surface area contributed by atoms with Crippen molar-refractivity contribution in [3.63, 3.8) is 0 Å². The number of imide groups is 1. The van der Waals surface area contributed by atoms with Crippen molar-refractivity contribution in [3.8, 4) is 5.75 Å². The van der Waals surface area contributed by atoms with E-state index >= 15 is 0 Å². The van der Waals surface area contributed by atoms with Gasteiger partial charge in [-0.3, -0.25) is 14.5 Å². The number of carbonyl (C=O) groups is 4. The van der Waals surface area contributed by atoms with Crippen molar-refractivity contribution in [1.82, 2.24) is 20.4 Å². The third-order valence-electron chi connectivity index (χ3n) is 6.20. The molecule has 3 rings (SSSR count). The van der Waals surface area contributed by atoms with Crippen LogP contribution in [0, 0.1) is 5.82 Å². The quantitative estimate of drug-likeness (QED) is 0.417. The topological polar surface area (TPSA) is 129 Å². The largest absolute Gasteiger partial charge is 0.482 e. The maximum atomic E-state index is 13.2. The Morgan fingerprint density at radius 2 is 1.77 bits per heavy atom. The van der Waals surface area contributed by atoms with E-state index in [-0.39, 0.29) is 48.5 Å². The number of rotatable bonds is 9. The molecular formula is C27H33ClFN5O6. The molecule has 0 saturated carbocycles. The molecule has 0 bridgehead atoms. The smallest absolute Gasteiger partial charge is 0.415 e. The van der Waals surface area contributed by atoms with Gasteiger partial charge in [-0.15, -0.1) is 0 Å². The molecule has 0 radical (unpaired) electrons. The van der Waals surface area contributed by atoms with Crippen molar-refractivity contribution in [2.75, 3.05) is 38.2 Å². The number of nitrogens with zero attached hydrogens (tertiary/aromatic N) is 2. The Kier molecular flexibility index (Phi) is 11.1. The van der Waals surface area contributed by atoms with Crippen LogP contribution in [0.15, 0.2) is 42.5 Å². The molecule has 3 N–H and O–H groups in total. The first kappa shape index (κ1) is 30.6. The lowest BCUT2D eigenvalue weighted by molar-refractivity contribution is -0.139. The minimum Gasteiger partial charge on any atom is -0.482 e. The molecule has 216 valence electrons. The van der Waals surface area contributed by atoms with E-state index in [1.807, 2.05) is 19.2 Å². The molecule has 40 heavy (non-hydrogen) atoms. The van der Waals surface area contributed by atoms with Crippen LogP contribution in [0.4, 0.5) is 19.7 Å². The molecule has 0 spiro atoms. The lowest BCUT2D eigenvalue weighted by Crippen LogP contribution is -2.58. The summed E-state index contributed by atoms with van der Waals surface area (Å²) < 4.78 is 23.6. The number of anilines is 1. The minimum atomic E-state index is -0.936. The monoisotopic (exact) mass is 577 g/mol. The molecule has 2 atom stereocenters. The summed E-state index contributed by atoms with van der Waals surface area (Å²) in [6.45, 7) is 6.74. The van der Waals surface area contributed by atoms with Gasteiger partial charge in [0, 0.05) is 36.7 Å². The van der Waals surface area contributed by atoms with Crippen LogP contribution in [0.1, 0.15) is 26.3 Å². The van der Waals surface area contributed by atoms with Gasteiger partial charge in [0.15, 0.2) is 6.61 Å². The number of hydrogen-bond acceptors (Lipinski definition) is 7. The fourth-order valence-corrected chi connectivity index (χ4v) is 4.37. The second-order valence-corrected chi connectivity index (χ2v) is 9.74. The van der Waals surface area contributed by atoms with E-state index in [0.29, 0.717) is 24.7 Å². The Bertz CT molecular complexity index is 1210. The summed E-state index contributed by atoms with van der Waals surface area (Å²) in [5.74, 6) is -0.890. The first-order valence-electron chi connectivity index (χ1n) is 12.8. The highest BCUT2D eigenvalue weighted by atomic mass is 35.5. The van der Waals surface area contributed by atoms with Gasteiger partial charge in [0.2, 0.25) is 5.91 Å². The zero-order valence-corrected chi connectivity index (χ0v) is 23.3. The molecular weight excluding hydrogens is 545 g/mol. The fraction of sp³-hybridized carbons (Fsp3) is 0.407. The third-order valence-corrected chi connectivity index (χ3v) is 6.44. The van der Waals surface area contributed by atoms with E-state index in [1.165, 1.54) is 24.3 Å². The number of halogens is 2. The van der Waals surface area contributed by atoms with Gasteiger partial charge in [-0.25, -0.2) is 19.3 Å². The maximum Gasteiger partial charge on any atom is 0.415 e. The third kappa shape index (κ3) is 9.09. The van der Waals surface area contributed by atoms with Gasteiger partial charge in [-0.1, -0.05) is 23.7 Å². The Morgan fingerprint density at radius 1 is 1.05 bits per heavy atom. The van der Waals surface area contributed by atoms with Gasteiger partial charge in [-0.2, -0.15) is 0 Å². The first-order chi connectivity index (χ1) is 19.0. The van der Waals surface area contributed by atoms with Gasteiger partial charge >= 0.3 is 12.1 Å². The van der Waals surface area contributed by atoms with Gasteiger partial charge in [-0.05, 0) is 56.7 Å². The van der Waals surface area contributed by atoms with E-state index in [4.69, 9.17) is 16.3 Å². The number of alkyl carbamates (subject to hydrolysis) is 1. The molecule has 2 aromatic rings. The van der Waals surface area contributed by atoms with E-state index < -0.39 is 24.6 Å². The van der Waals surface area contributed by atoms with Gasteiger partial charge in [0.1, 0.15) is 11.6 Å². The number of nitrogens with one attached hydrogen (secondary N) is 3. The highest BCUT2D eigenvalue weighted by Gasteiger charge is 2.32. The van der Waals surface area contributed by atoms with Crippen LogP contribution in [0.25, 0.3) is 0 Å². The molecule has 1 aliphatic heterocycles. The zero-order valence-electron chi connectivity index (χ0n) is 22.5. The van der Waals surface area contributed by atoms with E-state index in [9.17, 15) is 23.6 Å². The number of benzene rings is 2. The van der Waals surface area contributed by atoms with Crippen molar-refractivity contribution in [1.29, 1.82) is 0 Å². The number of ether oxygens (including phenoxy) is 2. The lowest BCUT2D eigenvalue weighted by atomic mass is 10.1. The average Bonchev–Trinajstić information content (AvgIpc) is 2.90. The van der Waals surface area contributed by atoms with Crippen molar-refractivity contribution >= 4 is 41.2 Å². The second-order valence-electron chi connectivity index (χ2n) is 9.31. The Morgan fingerprint density at radius 3 is 2.48 bits per heavy atom. The molecule has 1 fully saturated rings. The average molecular weight is 578 g/mol. The molecule has 11 nitrogen and oxygen atoms in total. The summed E-state index contributed by atoms with van der Waals surface area (Å²) in [5.41, 5.74) is 1.21.